The van der Waals surface area contributed by atoms with Crippen molar-refractivity contribution in [2.24, 2.45) is 0 Å². The summed E-state index contributed by atoms with van der Waals surface area (Å²) < 4.78 is 0. The number of rotatable bonds is 4. The second-order valence-corrected chi connectivity index (χ2v) is 5.57. The average Bonchev–Trinajstić information content (AvgIpc) is 2.42. The Labute approximate surface area is 116 Å². The molecule has 1 aliphatic rings. The minimum atomic E-state index is 0.368. The molecule has 0 saturated carbocycles. The van der Waals surface area contributed by atoms with Gasteiger partial charge in [0, 0.05) is 12.6 Å². The molecule has 0 spiro atoms. The third-order valence-electron chi connectivity index (χ3n) is 3.68. The highest BCUT2D eigenvalue weighted by Gasteiger charge is 2.14. The molecule has 1 atom stereocenters. The molecule has 0 bridgehead atoms. The number of piperidine rings is 1. The molecule has 1 N–H and O–H groups in total. The third kappa shape index (κ3) is 3.97. The summed E-state index contributed by atoms with van der Waals surface area (Å²) >= 11 is 0. The fourth-order valence-corrected chi connectivity index (χ4v) is 2.72. The molecule has 0 amide bonds. The van der Waals surface area contributed by atoms with E-state index < -0.39 is 0 Å². The smallest absolute Gasteiger partial charge is 0.101 e. The first-order valence-electron chi connectivity index (χ1n) is 7.18. The summed E-state index contributed by atoms with van der Waals surface area (Å²) in [5.74, 6) is 0. The van der Waals surface area contributed by atoms with E-state index >= 15 is 0 Å². The van der Waals surface area contributed by atoms with E-state index in [1.54, 1.807) is 0 Å². The maximum atomic E-state index is 9.18. The van der Waals surface area contributed by atoms with Gasteiger partial charge in [-0.2, -0.15) is 5.26 Å². The number of nitrogens with one attached hydrogen (secondary N) is 1. The van der Waals surface area contributed by atoms with Crippen LogP contribution >= 0.6 is 0 Å². The van der Waals surface area contributed by atoms with Crippen LogP contribution in [-0.2, 0) is 0 Å². The van der Waals surface area contributed by atoms with E-state index in [2.05, 4.69) is 29.3 Å². The molecule has 1 heterocycles. The molecule has 0 aromatic heterocycles. The Bertz CT molecular complexity index is 456. The van der Waals surface area contributed by atoms with Gasteiger partial charge in [-0.25, -0.2) is 0 Å². The fraction of sp³-hybridized carbons (Fsp3) is 0.562. The first kappa shape index (κ1) is 13.9. The van der Waals surface area contributed by atoms with Gasteiger partial charge in [0.25, 0.3) is 0 Å². The number of aryl methyl sites for hydroxylation is 1. The first-order chi connectivity index (χ1) is 9.19. The minimum absolute atomic E-state index is 0.368. The first-order valence-corrected chi connectivity index (χ1v) is 7.18. The van der Waals surface area contributed by atoms with Crippen molar-refractivity contribution in [3.05, 3.63) is 29.3 Å². The van der Waals surface area contributed by atoms with Gasteiger partial charge in [0.15, 0.2) is 0 Å². The lowest BCUT2D eigenvalue weighted by molar-refractivity contribution is 0.223. The van der Waals surface area contributed by atoms with Gasteiger partial charge in [-0.1, -0.05) is 12.5 Å². The van der Waals surface area contributed by atoms with Gasteiger partial charge in [-0.15, -0.1) is 0 Å². The third-order valence-corrected chi connectivity index (χ3v) is 3.68. The second kappa shape index (κ2) is 6.58. The van der Waals surface area contributed by atoms with E-state index in [1.165, 1.54) is 32.4 Å². The van der Waals surface area contributed by atoms with Gasteiger partial charge in [0.05, 0.1) is 11.3 Å². The summed E-state index contributed by atoms with van der Waals surface area (Å²) in [7, 11) is 0. The van der Waals surface area contributed by atoms with E-state index in [0.717, 1.165) is 23.4 Å². The molecule has 1 saturated heterocycles. The van der Waals surface area contributed by atoms with E-state index in [4.69, 9.17) is 0 Å². The fourth-order valence-electron chi connectivity index (χ4n) is 2.72. The largest absolute Gasteiger partial charge is 0.380 e. The molecule has 0 aliphatic carbocycles. The molecule has 0 radical (unpaired) electrons. The zero-order valence-electron chi connectivity index (χ0n) is 11.9. The number of hydrogen-bond donors (Lipinski definition) is 1. The van der Waals surface area contributed by atoms with Crippen LogP contribution in [0, 0.1) is 18.3 Å². The summed E-state index contributed by atoms with van der Waals surface area (Å²) in [6, 6.07) is 8.64. The number of nitriles is 1. The number of benzene rings is 1. The monoisotopic (exact) mass is 257 g/mol. The Morgan fingerprint density at radius 2 is 2.05 bits per heavy atom. The van der Waals surface area contributed by atoms with Crippen molar-refractivity contribution in [2.45, 2.75) is 39.2 Å². The van der Waals surface area contributed by atoms with Crippen molar-refractivity contribution in [1.82, 2.24) is 4.90 Å². The van der Waals surface area contributed by atoms with Crippen LogP contribution in [0.4, 0.5) is 5.69 Å². The standard InChI is InChI=1S/C16H23N3/c1-13-6-7-16(15(10-13)11-17)18-14(2)12-19-8-4-3-5-9-19/h6-7,10,14,18H,3-5,8-9,12H2,1-2H3. The number of hydrogen-bond acceptors (Lipinski definition) is 3. The van der Waals surface area contributed by atoms with Crippen LogP contribution in [0.1, 0.15) is 37.3 Å². The zero-order valence-corrected chi connectivity index (χ0v) is 11.9. The number of nitrogens with zero attached hydrogens (tertiary/aromatic N) is 2. The Hall–Kier alpha value is -1.53. The SMILES string of the molecule is Cc1ccc(NC(C)CN2CCCCC2)c(C#N)c1. The van der Waals surface area contributed by atoms with Gasteiger partial charge in [0.1, 0.15) is 6.07 Å². The molecule has 102 valence electrons. The van der Waals surface area contributed by atoms with Gasteiger partial charge < -0.3 is 10.2 Å². The topological polar surface area (TPSA) is 39.1 Å². The molecule has 1 aromatic carbocycles. The van der Waals surface area contributed by atoms with Crippen LogP contribution in [-0.4, -0.2) is 30.6 Å². The Morgan fingerprint density at radius 1 is 1.32 bits per heavy atom. The maximum absolute atomic E-state index is 9.18. The van der Waals surface area contributed by atoms with Gasteiger partial charge in [0.2, 0.25) is 0 Å². The molecule has 1 unspecified atom stereocenters. The van der Waals surface area contributed by atoms with E-state index in [9.17, 15) is 5.26 Å². The van der Waals surface area contributed by atoms with Crippen molar-refractivity contribution in [1.29, 1.82) is 5.26 Å². The molecule has 3 nitrogen and oxygen atoms in total. The van der Waals surface area contributed by atoms with Crippen molar-refractivity contribution >= 4 is 5.69 Å². The van der Waals surface area contributed by atoms with E-state index in [0.29, 0.717) is 6.04 Å². The summed E-state index contributed by atoms with van der Waals surface area (Å²) in [4.78, 5) is 2.52. The Balaban J connectivity index is 1.94. The summed E-state index contributed by atoms with van der Waals surface area (Å²) in [5, 5.41) is 12.6. The van der Waals surface area contributed by atoms with Crippen LogP contribution in [0.2, 0.25) is 0 Å². The highest BCUT2D eigenvalue weighted by Crippen LogP contribution is 2.18. The average molecular weight is 257 g/mol. The Morgan fingerprint density at radius 3 is 2.74 bits per heavy atom. The van der Waals surface area contributed by atoms with Crippen LogP contribution in [0.3, 0.4) is 0 Å². The van der Waals surface area contributed by atoms with Crippen molar-refractivity contribution < 1.29 is 0 Å². The number of anilines is 1. The summed E-state index contributed by atoms with van der Waals surface area (Å²) in [6.45, 7) is 7.69. The highest BCUT2D eigenvalue weighted by molar-refractivity contribution is 5.58. The predicted octanol–water partition coefficient (Wildman–Crippen LogP) is 3.15. The number of likely N-dealkylation sites (tertiary alicyclic amines) is 1. The zero-order chi connectivity index (χ0) is 13.7. The lowest BCUT2D eigenvalue weighted by Crippen LogP contribution is -2.38. The Kier molecular flexibility index (Phi) is 4.81. The van der Waals surface area contributed by atoms with Crippen LogP contribution in [0.5, 0.6) is 0 Å². The molecule has 19 heavy (non-hydrogen) atoms. The van der Waals surface area contributed by atoms with E-state index in [1.807, 2.05) is 19.1 Å². The van der Waals surface area contributed by atoms with Crippen LogP contribution in [0.15, 0.2) is 18.2 Å². The lowest BCUT2D eigenvalue weighted by Gasteiger charge is -2.29. The van der Waals surface area contributed by atoms with Crippen LogP contribution < -0.4 is 5.32 Å². The minimum Gasteiger partial charge on any atom is -0.380 e. The van der Waals surface area contributed by atoms with Crippen molar-refractivity contribution in [3.63, 3.8) is 0 Å². The summed E-state index contributed by atoms with van der Waals surface area (Å²) in [5.41, 5.74) is 2.83. The molecule has 1 fully saturated rings. The predicted molar refractivity (Wildman–Crippen MR) is 79.3 cm³/mol. The van der Waals surface area contributed by atoms with Gasteiger partial charge in [-0.05, 0) is 57.5 Å². The normalized spacial score (nSPS) is 17.7. The van der Waals surface area contributed by atoms with E-state index in [-0.39, 0.29) is 0 Å². The van der Waals surface area contributed by atoms with Gasteiger partial charge in [-0.3, -0.25) is 0 Å². The molecular weight excluding hydrogens is 234 g/mol. The molecule has 1 aromatic rings. The molecular formula is C16H23N3. The summed E-state index contributed by atoms with van der Waals surface area (Å²) in [6.07, 6.45) is 4.01. The maximum Gasteiger partial charge on any atom is 0.101 e. The van der Waals surface area contributed by atoms with Crippen molar-refractivity contribution in [2.75, 3.05) is 25.0 Å². The lowest BCUT2D eigenvalue weighted by atomic mass is 10.1. The van der Waals surface area contributed by atoms with Crippen LogP contribution in [0.25, 0.3) is 0 Å². The van der Waals surface area contributed by atoms with Gasteiger partial charge >= 0.3 is 0 Å². The highest BCUT2D eigenvalue weighted by atomic mass is 15.1. The molecule has 1 aliphatic heterocycles. The quantitative estimate of drug-likeness (QED) is 0.900. The van der Waals surface area contributed by atoms with Crippen molar-refractivity contribution in [3.8, 4) is 6.07 Å². The molecule has 3 heteroatoms. The second-order valence-electron chi connectivity index (χ2n) is 5.57. The molecule has 2 rings (SSSR count).